The summed E-state index contributed by atoms with van der Waals surface area (Å²) in [6, 6.07) is 0.529. The summed E-state index contributed by atoms with van der Waals surface area (Å²) in [5, 5.41) is 3.59. The molecule has 1 aliphatic heterocycles. The summed E-state index contributed by atoms with van der Waals surface area (Å²) in [4.78, 5) is 5.26. The molecular formula is C16H33N3O. The normalized spacial score (nSPS) is 23.4. The Labute approximate surface area is 124 Å². The summed E-state index contributed by atoms with van der Waals surface area (Å²) in [5.74, 6) is 1.73. The maximum atomic E-state index is 5.42. The van der Waals surface area contributed by atoms with Crippen LogP contribution in [0.1, 0.15) is 26.7 Å². The fourth-order valence-electron chi connectivity index (χ4n) is 3.00. The second-order valence-corrected chi connectivity index (χ2v) is 6.94. The molecule has 0 aromatic heterocycles. The van der Waals surface area contributed by atoms with E-state index in [9.17, 15) is 0 Å². The maximum absolute atomic E-state index is 5.42. The monoisotopic (exact) mass is 283 g/mol. The quantitative estimate of drug-likeness (QED) is 0.690. The third-order valence-corrected chi connectivity index (χ3v) is 4.43. The van der Waals surface area contributed by atoms with Gasteiger partial charge in [0, 0.05) is 52.4 Å². The fourth-order valence-corrected chi connectivity index (χ4v) is 3.00. The summed E-state index contributed by atoms with van der Waals surface area (Å²) < 4.78 is 5.42. The summed E-state index contributed by atoms with van der Waals surface area (Å²) in [5.41, 5.74) is 0. The van der Waals surface area contributed by atoms with Crippen molar-refractivity contribution in [2.24, 2.45) is 11.8 Å². The standard InChI is InChI=1S/C16H33N3O/c1-14(2)10-17-11-16(13-20-3)19-8-6-18(7-9-19)12-15-4-5-15/h14-17H,4-13H2,1-3H3. The lowest BCUT2D eigenvalue weighted by Gasteiger charge is -2.39. The zero-order valence-corrected chi connectivity index (χ0v) is 13.6. The molecule has 4 heteroatoms. The molecular weight excluding hydrogens is 250 g/mol. The number of rotatable bonds is 9. The smallest absolute Gasteiger partial charge is 0.0630 e. The highest BCUT2D eigenvalue weighted by molar-refractivity contribution is 4.83. The highest BCUT2D eigenvalue weighted by atomic mass is 16.5. The van der Waals surface area contributed by atoms with Crippen LogP contribution in [-0.4, -0.2) is 75.4 Å². The number of nitrogens with zero attached hydrogens (tertiary/aromatic N) is 2. The van der Waals surface area contributed by atoms with Crippen molar-refractivity contribution in [2.75, 3.05) is 59.5 Å². The molecule has 1 heterocycles. The molecule has 20 heavy (non-hydrogen) atoms. The van der Waals surface area contributed by atoms with Crippen LogP contribution < -0.4 is 5.32 Å². The van der Waals surface area contributed by atoms with Gasteiger partial charge in [-0.25, -0.2) is 0 Å². The Morgan fingerprint density at radius 3 is 2.35 bits per heavy atom. The lowest BCUT2D eigenvalue weighted by Crippen LogP contribution is -2.54. The van der Waals surface area contributed by atoms with Gasteiger partial charge in [-0.3, -0.25) is 4.90 Å². The van der Waals surface area contributed by atoms with Gasteiger partial charge < -0.3 is 15.0 Å². The Bertz CT molecular complexity index is 260. The van der Waals surface area contributed by atoms with Gasteiger partial charge in [0.05, 0.1) is 6.61 Å². The second kappa shape index (κ2) is 8.32. The fraction of sp³-hybridized carbons (Fsp3) is 1.00. The molecule has 1 N–H and O–H groups in total. The molecule has 0 amide bonds. The van der Waals surface area contributed by atoms with E-state index in [-0.39, 0.29) is 0 Å². The Kier molecular flexibility index (Phi) is 6.75. The van der Waals surface area contributed by atoms with Crippen molar-refractivity contribution in [1.82, 2.24) is 15.1 Å². The Balaban J connectivity index is 1.68. The van der Waals surface area contributed by atoms with Gasteiger partial charge in [0.1, 0.15) is 0 Å². The molecule has 1 saturated heterocycles. The summed E-state index contributed by atoms with van der Waals surface area (Å²) in [7, 11) is 1.82. The molecule has 118 valence electrons. The van der Waals surface area contributed by atoms with Gasteiger partial charge in [-0.05, 0) is 31.2 Å². The molecule has 0 aromatic carbocycles. The minimum Gasteiger partial charge on any atom is -0.383 e. The van der Waals surface area contributed by atoms with Crippen molar-refractivity contribution < 1.29 is 4.74 Å². The number of hydrogen-bond donors (Lipinski definition) is 1. The first kappa shape index (κ1) is 16.2. The van der Waals surface area contributed by atoms with Crippen LogP contribution >= 0.6 is 0 Å². The molecule has 1 aliphatic carbocycles. The summed E-state index contributed by atoms with van der Waals surface area (Å²) >= 11 is 0. The first-order valence-electron chi connectivity index (χ1n) is 8.35. The van der Waals surface area contributed by atoms with Crippen molar-refractivity contribution in [3.05, 3.63) is 0 Å². The summed E-state index contributed by atoms with van der Waals surface area (Å²) in [6.45, 7) is 13.7. The lowest BCUT2D eigenvalue weighted by molar-refractivity contribution is 0.0480. The van der Waals surface area contributed by atoms with Crippen LogP contribution in [0.15, 0.2) is 0 Å². The van der Waals surface area contributed by atoms with Gasteiger partial charge in [0.25, 0.3) is 0 Å². The minimum absolute atomic E-state index is 0.529. The molecule has 2 aliphatic rings. The number of nitrogens with one attached hydrogen (secondary N) is 1. The molecule has 0 bridgehead atoms. The van der Waals surface area contributed by atoms with Crippen LogP contribution in [-0.2, 0) is 4.74 Å². The van der Waals surface area contributed by atoms with Crippen molar-refractivity contribution in [3.8, 4) is 0 Å². The minimum atomic E-state index is 0.529. The van der Waals surface area contributed by atoms with Crippen LogP contribution in [0, 0.1) is 11.8 Å². The van der Waals surface area contributed by atoms with Gasteiger partial charge in [-0.2, -0.15) is 0 Å². The van der Waals surface area contributed by atoms with E-state index in [0.717, 1.165) is 25.6 Å². The van der Waals surface area contributed by atoms with Gasteiger partial charge in [-0.1, -0.05) is 13.8 Å². The molecule has 0 aromatic rings. The predicted molar refractivity (Wildman–Crippen MR) is 84.1 cm³/mol. The highest BCUT2D eigenvalue weighted by Gasteiger charge is 2.28. The third kappa shape index (κ3) is 5.68. The zero-order chi connectivity index (χ0) is 14.4. The molecule has 2 rings (SSSR count). The van der Waals surface area contributed by atoms with E-state index in [1.165, 1.54) is 45.6 Å². The zero-order valence-electron chi connectivity index (χ0n) is 13.6. The molecule has 0 spiro atoms. The van der Waals surface area contributed by atoms with Crippen molar-refractivity contribution >= 4 is 0 Å². The maximum Gasteiger partial charge on any atom is 0.0630 e. The van der Waals surface area contributed by atoms with E-state index in [1.807, 2.05) is 7.11 Å². The summed E-state index contributed by atoms with van der Waals surface area (Å²) in [6.07, 6.45) is 2.93. The number of methoxy groups -OCH3 is 1. The van der Waals surface area contributed by atoms with Gasteiger partial charge in [-0.15, -0.1) is 0 Å². The second-order valence-electron chi connectivity index (χ2n) is 6.94. The molecule has 1 saturated carbocycles. The van der Waals surface area contributed by atoms with Crippen LogP contribution in [0.5, 0.6) is 0 Å². The van der Waals surface area contributed by atoms with E-state index in [1.54, 1.807) is 0 Å². The topological polar surface area (TPSA) is 27.7 Å². The number of piperazine rings is 1. The van der Waals surface area contributed by atoms with Gasteiger partial charge >= 0.3 is 0 Å². The van der Waals surface area contributed by atoms with E-state index in [0.29, 0.717) is 12.0 Å². The molecule has 1 atom stereocenters. The highest BCUT2D eigenvalue weighted by Crippen LogP contribution is 2.29. The third-order valence-electron chi connectivity index (χ3n) is 4.43. The van der Waals surface area contributed by atoms with Crippen molar-refractivity contribution in [2.45, 2.75) is 32.7 Å². The largest absolute Gasteiger partial charge is 0.383 e. The molecule has 4 nitrogen and oxygen atoms in total. The van der Waals surface area contributed by atoms with E-state index in [4.69, 9.17) is 4.74 Å². The Hall–Kier alpha value is -0.160. The lowest BCUT2D eigenvalue weighted by atomic mass is 10.2. The molecule has 1 unspecified atom stereocenters. The Morgan fingerprint density at radius 2 is 1.80 bits per heavy atom. The van der Waals surface area contributed by atoms with E-state index >= 15 is 0 Å². The van der Waals surface area contributed by atoms with Crippen molar-refractivity contribution in [1.29, 1.82) is 0 Å². The van der Waals surface area contributed by atoms with E-state index in [2.05, 4.69) is 29.0 Å². The number of ether oxygens (including phenoxy) is 1. The predicted octanol–water partition coefficient (Wildman–Crippen LogP) is 1.27. The van der Waals surface area contributed by atoms with Crippen LogP contribution in [0.2, 0.25) is 0 Å². The number of hydrogen-bond acceptors (Lipinski definition) is 4. The van der Waals surface area contributed by atoms with E-state index < -0.39 is 0 Å². The molecule has 2 fully saturated rings. The SMILES string of the molecule is COCC(CNCC(C)C)N1CCN(CC2CC2)CC1. The van der Waals surface area contributed by atoms with Crippen LogP contribution in [0.25, 0.3) is 0 Å². The average Bonchev–Trinajstić information content (AvgIpc) is 3.22. The van der Waals surface area contributed by atoms with Crippen LogP contribution in [0.3, 0.4) is 0 Å². The first-order valence-corrected chi connectivity index (χ1v) is 8.35. The van der Waals surface area contributed by atoms with Crippen LogP contribution in [0.4, 0.5) is 0 Å². The van der Waals surface area contributed by atoms with Crippen molar-refractivity contribution in [3.63, 3.8) is 0 Å². The van der Waals surface area contributed by atoms with Gasteiger partial charge in [0.15, 0.2) is 0 Å². The van der Waals surface area contributed by atoms with Gasteiger partial charge in [0.2, 0.25) is 0 Å². The Morgan fingerprint density at radius 1 is 1.10 bits per heavy atom. The molecule has 0 radical (unpaired) electrons. The average molecular weight is 283 g/mol. The first-order chi connectivity index (χ1) is 9.69.